The van der Waals surface area contributed by atoms with Gasteiger partial charge in [0.2, 0.25) is 0 Å². The van der Waals surface area contributed by atoms with Crippen LogP contribution in [0.5, 0.6) is 0 Å². The van der Waals surface area contributed by atoms with Crippen molar-refractivity contribution in [3.63, 3.8) is 0 Å². The number of nitrogens with one attached hydrogen (secondary N) is 2. The molecule has 0 spiro atoms. The van der Waals surface area contributed by atoms with E-state index in [0.29, 0.717) is 0 Å². The van der Waals surface area contributed by atoms with Crippen molar-refractivity contribution in [2.24, 2.45) is 0 Å². The molecule has 0 aliphatic rings. The third kappa shape index (κ3) is 5.98. The fraction of sp³-hybridized carbons (Fsp3) is 0.800. The highest BCUT2D eigenvalue weighted by Crippen LogP contribution is 1.72. The molecule has 0 saturated heterocycles. The van der Waals surface area contributed by atoms with Crippen molar-refractivity contribution >= 4 is 29.2 Å². The van der Waals surface area contributed by atoms with Gasteiger partial charge >= 0.3 is 6.03 Å². The van der Waals surface area contributed by atoms with Crippen molar-refractivity contribution in [2.75, 3.05) is 24.7 Å². The zero-order chi connectivity index (χ0) is 15.0. The molecule has 10 heavy (non-hydrogen) atoms. The van der Waals surface area contributed by atoms with Crippen molar-refractivity contribution in [1.82, 2.24) is 10.6 Å². The van der Waals surface area contributed by atoms with Crippen molar-refractivity contribution in [1.29, 1.82) is 0 Å². The first kappa shape index (κ1) is 2.72. The number of hydrogen-bond donors (Lipinski definition) is 2. The van der Waals surface area contributed by atoms with Crippen LogP contribution in [0.4, 0.5) is 4.79 Å². The maximum absolute atomic E-state index is 11.2. The molecule has 0 atom stereocenters. The van der Waals surface area contributed by atoms with Crippen LogP contribution in [0.15, 0.2) is 0 Å². The predicted octanol–water partition coefficient (Wildman–Crippen LogP) is 0.763. The molecule has 0 saturated carbocycles. The van der Waals surface area contributed by atoms with E-state index in [2.05, 4.69) is 0 Å². The number of rotatable bonds is 4. The average molecular weight is 193 g/mol. The molecule has 0 aliphatic carbocycles. The van der Waals surface area contributed by atoms with Gasteiger partial charge in [-0.15, -0.1) is 23.2 Å². The highest BCUT2D eigenvalue weighted by Gasteiger charge is 1.94. The van der Waals surface area contributed by atoms with Crippen LogP contribution in [-0.2, 0) is 0 Å². The standard InChI is InChI=1S/C5H10Cl2N2O/c6-1-3-8-5(10)9-4-2-7/h1-4H2,(H2,8,9,10)/i1D2,2D2,3D2,4D2. The molecule has 2 N–H and O–H groups in total. The minimum absolute atomic E-state index is 1.44. The maximum atomic E-state index is 11.2. The monoisotopic (exact) mass is 192 g/mol. The predicted molar refractivity (Wildman–Crippen MR) is 42.8 cm³/mol. The van der Waals surface area contributed by atoms with Gasteiger partial charge in [0.25, 0.3) is 0 Å². The Hall–Kier alpha value is -0.150. The third-order valence-electron chi connectivity index (χ3n) is 0.447. The van der Waals surface area contributed by atoms with Crippen molar-refractivity contribution in [3.8, 4) is 0 Å². The van der Waals surface area contributed by atoms with Crippen LogP contribution in [0.2, 0.25) is 0 Å². The second kappa shape index (κ2) is 6.96. The molecular formula is C5H10Cl2N2O. The van der Waals surface area contributed by atoms with Crippen molar-refractivity contribution in [3.05, 3.63) is 0 Å². The fourth-order valence-electron chi connectivity index (χ4n) is 0.192. The van der Waals surface area contributed by atoms with Crippen LogP contribution in [-0.4, -0.2) is 30.7 Å². The third-order valence-corrected chi connectivity index (χ3v) is 0.636. The van der Waals surface area contributed by atoms with E-state index in [-0.39, 0.29) is 0 Å². The van der Waals surface area contributed by atoms with Gasteiger partial charge < -0.3 is 10.6 Å². The first-order valence-electron chi connectivity index (χ1n) is 6.08. The molecule has 0 rings (SSSR count). The highest BCUT2D eigenvalue weighted by atomic mass is 35.5. The first-order chi connectivity index (χ1) is 7.60. The number of halogens is 2. The lowest BCUT2D eigenvalue weighted by Gasteiger charge is -2.02. The van der Waals surface area contributed by atoms with Gasteiger partial charge in [-0.1, -0.05) is 0 Å². The SMILES string of the molecule is [2H]C([2H])(Cl)C([2H])([2H])NC(=O)NC([2H])([2H])C([2H])([2H])Cl. The fourth-order valence-corrected chi connectivity index (χ4v) is 0.287. The average Bonchev–Trinajstić information content (AvgIpc) is 1.95. The lowest BCUT2D eigenvalue weighted by molar-refractivity contribution is 0.242. The smallest absolute Gasteiger partial charge is 0.314 e. The molecule has 0 aromatic carbocycles. The van der Waals surface area contributed by atoms with E-state index in [4.69, 9.17) is 34.2 Å². The Labute approximate surface area is 81.3 Å². The molecular weight excluding hydrogens is 175 g/mol. The largest absolute Gasteiger partial charge is 0.337 e. The Morgan fingerprint density at radius 2 is 1.70 bits per heavy atom. The van der Waals surface area contributed by atoms with E-state index in [1.165, 1.54) is 10.6 Å². The number of alkyl halides is 2. The molecule has 0 radical (unpaired) electrons. The zero-order valence-electron chi connectivity index (χ0n) is 12.7. The van der Waals surface area contributed by atoms with E-state index in [9.17, 15) is 4.79 Å². The van der Waals surface area contributed by atoms with Crippen molar-refractivity contribution < 1.29 is 15.8 Å². The Morgan fingerprint density at radius 1 is 1.30 bits per heavy atom. The van der Waals surface area contributed by atoms with Crippen LogP contribution in [0, 0.1) is 0 Å². The minimum Gasteiger partial charge on any atom is -0.337 e. The second-order valence-corrected chi connectivity index (χ2v) is 1.40. The summed E-state index contributed by atoms with van der Waals surface area (Å²) in [6.07, 6.45) is 0. The Kier molecular flexibility index (Phi) is 1.89. The van der Waals surface area contributed by atoms with Gasteiger partial charge in [-0.3, -0.25) is 0 Å². The highest BCUT2D eigenvalue weighted by molar-refractivity contribution is 6.18. The van der Waals surface area contributed by atoms with Gasteiger partial charge in [-0.2, -0.15) is 0 Å². The summed E-state index contributed by atoms with van der Waals surface area (Å²) in [4.78, 5) is 11.2. The van der Waals surface area contributed by atoms with Crippen molar-refractivity contribution in [2.45, 2.75) is 0 Å². The molecule has 0 bridgehead atoms. The Bertz CT molecular complexity index is 294. The van der Waals surface area contributed by atoms with Gasteiger partial charge in [0.1, 0.15) is 0 Å². The summed E-state index contributed by atoms with van der Waals surface area (Å²) < 4.78 is 56.1. The van der Waals surface area contributed by atoms with E-state index in [1.807, 2.05) is 0 Å². The summed E-state index contributed by atoms with van der Waals surface area (Å²) in [6, 6.07) is -1.50. The van der Waals surface area contributed by atoms with E-state index in [1.54, 1.807) is 0 Å². The minimum atomic E-state index is -2.99. The Morgan fingerprint density at radius 3 is 2.00 bits per heavy atom. The molecule has 60 valence electrons. The van der Waals surface area contributed by atoms with Gasteiger partial charge in [0.05, 0.1) is 5.48 Å². The second-order valence-electron chi connectivity index (χ2n) is 1.02. The topological polar surface area (TPSA) is 41.1 Å². The summed E-state index contributed by atoms with van der Waals surface area (Å²) in [6.45, 7) is -5.98. The summed E-state index contributed by atoms with van der Waals surface area (Å²) in [5, 5.41) is 2.87. The number of carbonyl (C=O) groups is 1. The van der Waals surface area contributed by atoms with E-state index in [0.717, 1.165) is 0 Å². The first-order valence-corrected chi connectivity index (χ1v) is 2.84. The molecule has 3 nitrogen and oxygen atoms in total. The summed E-state index contributed by atoms with van der Waals surface area (Å²) in [7, 11) is 0. The molecule has 0 aromatic rings. The number of carbonyl (C=O) groups excluding carboxylic acids is 1. The molecule has 0 fully saturated rings. The van der Waals surface area contributed by atoms with Crippen LogP contribution < -0.4 is 10.6 Å². The van der Waals surface area contributed by atoms with E-state index >= 15 is 0 Å². The van der Waals surface area contributed by atoms with Gasteiger partial charge in [0, 0.05) is 30.1 Å². The van der Waals surface area contributed by atoms with Crippen LogP contribution >= 0.6 is 23.2 Å². The molecule has 2 amide bonds. The number of amides is 2. The summed E-state index contributed by atoms with van der Waals surface area (Å²) >= 11 is 10.1. The summed E-state index contributed by atoms with van der Waals surface area (Å²) in [5.41, 5.74) is 0. The van der Waals surface area contributed by atoms with Crippen LogP contribution in [0.1, 0.15) is 11.0 Å². The Balaban J connectivity index is 4.75. The van der Waals surface area contributed by atoms with Crippen LogP contribution in [0.3, 0.4) is 0 Å². The lowest BCUT2D eigenvalue weighted by atomic mass is 10.7. The summed E-state index contributed by atoms with van der Waals surface area (Å²) in [5.74, 6) is -5.87. The number of hydrogen-bond acceptors (Lipinski definition) is 1. The molecule has 0 aliphatic heterocycles. The molecule has 5 heteroatoms. The number of urea groups is 1. The zero-order valence-corrected chi connectivity index (χ0v) is 6.18. The quantitative estimate of drug-likeness (QED) is 0.636. The molecule has 0 heterocycles. The van der Waals surface area contributed by atoms with Gasteiger partial charge in [-0.05, 0) is 0 Å². The van der Waals surface area contributed by atoms with Gasteiger partial charge in [-0.25, -0.2) is 4.79 Å². The normalized spacial score (nSPS) is 26.6. The molecule has 0 aromatic heterocycles. The maximum Gasteiger partial charge on any atom is 0.314 e. The van der Waals surface area contributed by atoms with Gasteiger partial charge in [0.15, 0.2) is 0 Å². The molecule has 0 unspecified atom stereocenters. The van der Waals surface area contributed by atoms with Crippen LogP contribution in [0.25, 0.3) is 0 Å². The lowest BCUT2D eigenvalue weighted by Crippen LogP contribution is -2.37. The van der Waals surface area contributed by atoms with E-state index < -0.39 is 30.7 Å².